The van der Waals surface area contributed by atoms with Crippen LogP contribution in [-0.2, 0) is 6.54 Å². The molecule has 4 rings (SSSR count). The number of nitrogens with zero attached hydrogens (tertiary/aromatic N) is 5. The first-order valence-electron chi connectivity index (χ1n) is 8.09. The minimum absolute atomic E-state index is 0. The van der Waals surface area contributed by atoms with Gasteiger partial charge in [0, 0.05) is 44.1 Å². The maximum atomic E-state index is 5.51. The molecule has 1 aromatic carbocycles. The highest BCUT2D eigenvalue weighted by molar-refractivity contribution is 5.85. The van der Waals surface area contributed by atoms with E-state index in [0.29, 0.717) is 5.89 Å². The van der Waals surface area contributed by atoms with Crippen molar-refractivity contribution < 1.29 is 4.52 Å². The molecular weight excluding hydrogens is 340 g/mol. The van der Waals surface area contributed by atoms with E-state index in [1.807, 2.05) is 29.2 Å². The number of halogens is 1. The molecule has 132 valence electrons. The highest BCUT2D eigenvalue weighted by Gasteiger charge is 2.25. The van der Waals surface area contributed by atoms with Crippen molar-refractivity contribution in [3.8, 4) is 11.5 Å². The van der Waals surface area contributed by atoms with Crippen LogP contribution in [0.2, 0.25) is 0 Å². The lowest BCUT2D eigenvalue weighted by molar-refractivity contribution is 0.190. The van der Waals surface area contributed by atoms with E-state index < -0.39 is 0 Å². The highest BCUT2D eigenvalue weighted by Crippen LogP contribution is 2.23. The maximum Gasteiger partial charge on any atom is 0.257 e. The molecule has 0 saturated carbocycles. The molecule has 3 heterocycles. The zero-order valence-corrected chi connectivity index (χ0v) is 14.8. The number of hydrogen-bond acceptors (Lipinski definition) is 6. The van der Waals surface area contributed by atoms with Crippen molar-refractivity contribution in [3.63, 3.8) is 0 Å². The van der Waals surface area contributed by atoms with Crippen molar-refractivity contribution in [2.75, 3.05) is 26.7 Å². The quantitative estimate of drug-likeness (QED) is 0.767. The van der Waals surface area contributed by atoms with Crippen molar-refractivity contribution in [1.82, 2.24) is 29.9 Å². The van der Waals surface area contributed by atoms with Gasteiger partial charge in [-0.2, -0.15) is 4.98 Å². The molecule has 1 N–H and O–H groups in total. The first kappa shape index (κ1) is 17.6. The smallest absolute Gasteiger partial charge is 0.257 e. The Hall–Kier alpha value is -2.22. The Kier molecular flexibility index (Phi) is 5.47. The van der Waals surface area contributed by atoms with Gasteiger partial charge in [0.2, 0.25) is 0 Å². The predicted molar refractivity (Wildman–Crippen MR) is 96.6 cm³/mol. The number of aromatic nitrogens is 4. The number of likely N-dealkylation sites (N-methyl/N-ethyl adjacent to an activating group) is 1. The molecule has 0 spiro atoms. The molecule has 25 heavy (non-hydrogen) atoms. The van der Waals surface area contributed by atoms with E-state index in [9.17, 15) is 0 Å². The third-order valence-electron chi connectivity index (χ3n) is 4.35. The lowest BCUT2D eigenvalue weighted by atomic mass is 10.1. The predicted octanol–water partition coefficient (Wildman–Crippen LogP) is 1.98. The van der Waals surface area contributed by atoms with E-state index in [1.165, 1.54) is 5.56 Å². The monoisotopic (exact) mass is 360 g/mol. The van der Waals surface area contributed by atoms with Gasteiger partial charge in [0.15, 0.2) is 5.82 Å². The average Bonchev–Trinajstić information content (AvgIpc) is 3.27. The fourth-order valence-corrected chi connectivity index (χ4v) is 2.98. The Morgan fingerprint density at radius 2 is 2.28 bits per heavy atom. The van der Waals surface area contributed by atoms with Crippen LogP contribution in [0.1, 0.15) is 17.4 Å². The van der Waals surface area contributed by atoms with Crippen LogP contribution in [0.5, 0.6) is 0 Å². The van der Waals surface area contributed by atoms with Crippen molar-refractivity contribution in [2.24, 2.45) is 0 Å². The molecule has 7 nitrogen and oxygen atoms in total. The fraction of sp³-hybridized carbons (Fsp3) is 0.353. The molecular formula is C17H21ClN6O. The van der Waals surface area contributed by atoms with Gasteiger partial charge in [0.25, 0.3) is 5.89 Å². The van der Waals surface area contributed by atoms with Crippen LogP contribution in [0.3, 0.4) is 0 Å². The maximum absolute atomic E-state index is 5.51. The van der Waals surface area contributed by atoms with Crippen LogP contribution in [0, 0.1) is 0 Å². The first-order valence-corrected chi connectivity index (χ1v) is 8.09. The van der Waals surface area contributed by atoms with Crippen molar-refractivity contribution in [2.45, 2.75) is 12.6 Å². The van der Waals surface area contributed by atoms with Crippen LogP contribution >= 0.6 is 12.4 Å². The summed E-state index contributed by atoms with van der Waals surface area (Å²) in [6, 6.07) is 8.34. The van der Waals surface area contributed by atoms with Gasteiger partial charge in [-0.05, 0) is 24.7 Å². The summed E-state index contributed by atoms with van der Waals surface area (Å²) < 4.78 is 7.54. The number of rotatable bonds is 4. The van der Waals surface area contributed by atoms with Crippen molar-refractivity contribution in [3.05, 3.63) is 54.4 Å². The first-order chi connectivity index (χ1) is 11.8. The number of hydrogen-bond donors (Lipinski definition) is 1. The van der Waals surface area contributed by atoms with Crippen LogP contribution in [0.4, 0.5) is 0 Å². The molecule has 1 aliphatic heterocycles. The van der Waals surface area contributed by atoms with E-state index >= 15 is 0 Å². The molecule has 1 fully saturated rings. The second-order valence-electron chi connectivity index (χ2n) is 6.09. The number of imidazole rings is 1. The zero-order valence-electron chi connectivity index (χ0n) is 14.0. The minimum atomic E-state index is 0. The Labute approximate surface area is 152 Å². The van der Waals surface area contributed by atoms with Gasteiger partial charge in [-0.25, -0.2) is 4.98 Å². The molecule has 8 heteroatoms. The van der Waals surface area contributed by atoms with Crippen LogP contribution in [0.25, 0.3) is 11.5 Å². The Balaban J connectivity index is 0.00000182. The summed E-state index contributed by atoms with van der Waals surface area (Å²) in [6.45, 7) is 3.59. The van der Waals surface area contributed by atoms with Crippen LogP contribution in [-0.4, -0.2) is 51.3 Å². The Morgan fingerprint density at radius 3 is 3.08 bits per heavy atom. The summed E-state index contributed by atoms with van der Waals surface area (Å²) in [7, 11) is 2.09. The molecule has 3 aromatic rings. The second kappa shape index (κ2) is 7.77. The summed E-state index contributed by atoms with van der Waals surface area (Å²) in [5, 5.41) is 7.56. The molecule has 1 saturated heterocycles. The van der Waals surface area contributed by atoms with E-state index in [0.717, 1.165) is 37.6 Å². The van der Waals surface area contributed by atoms with Gasteiger partial charge >= 0.3 is 0 Å². The largest absolute Gasteiger partial charge is 0.334 e. The molecule has 1 atom stereocenters. The summed E-state index contributed by atoms with van der Waals surface area (Å²) in [6.07, 6.45) is 5.54. The normalized spacial score (nSPS) is 18.0. The molecule has 1 unspecified atom stereocenters. The van der Waals surface area contributed by atoms with Crippen molar-refractivity contribution >= 4 is 12.4 Å². The van der Waals surface area contributed by atoms with Gasteiger partial charge in [-0.1, -0.05) is 17.3 Å². The molecule has 0 radical (unpaired) electrons. The number of nitrogens with one attached hydrogen (secondary N) is 1. The van der Waals surface area contributed by atoms with Gasteiger partial charge in [-0.15, -0.1) is 12.4 Å². The zero-order chi connectivity index (χ0) is 16.4. The molecule has 0 amide bonds. The second-order valence-corrected chi connectivity index (χ2v) is 6.09. The number of piperazine rings is 1. The molecule has 1 aliphatic rings. The Bertz CT molecular complexity index is 803. The third kappa shape index (κ3) is 3.89. The summed E-state index contributed by atoms with van der Waals surface area (Å²) in [5.41, 5.74) is 2.11. The summed E-state index contributed by atoms with van der Waals surface area (Å²) in [5.74, 6) is 1.30. The van der Waals surface area contributed by atoms with Gasteiger partial charge in [0.1, 0.15) is 0 Å². The van der Waals surface area contributed by atoms with Crippen LogP contribution < -0.4 is 5.32 Å². The summed E-state index contributed by atoms with van der Waals surface area (Å²) in [4.78, 5) is 10.9. The van der Waals surface area contributed by atoms with Crippen LogP contribution in [0.15, 0.2) is 47.5 Å². The third-order valence-corrected chi connectivity index (χ3v) is 4.35. The lowest BCUT2D eigenvalue weighted by Crippen LogP contribution is -2.44. The summed E-state index contributed by atoms with van der Waals surface area (Å²) >= 11 is 0. The lowest BCUT2D eigenvalue weighted by Gasteiger charge is -2.30. The molecule has 2 aromatic heterocycles. The van der Waals surface area contributed by atoms with Gasteiger partial charge < -0.3 is 14.4 Å². The number of benzene rings is 1. The van der Waals surface area contributed by atoms with E-state index in [4.69, 9.17) is 4.52 Å². The van der Waals surface area contributed by atoms with E-state index in [1.54, 1.807) is 6.20 Å². The van der Waals surface area contributed by atoms with Gasteiger partial charge in [0.05, 0.1) is 12.4 Å². The van der Waals surface area contributed by atoms with Crippen molar-refractivity contribution in [1.29, 1.82) is 0 Å². The fourth-order valence-electron chi connectivity index (χ4n) is 2.98. The van der Waals surface area contributed by atoms with E-state index in [-0.39, 0.29) is 18.4 Å². The molecule has 0 bridgehead atoms. The highest BCUT2D eigenvalue weighted by atomic mass is 35.5. The van der Waals surface area contributed by atoms with Gasteiger partial charge in [-0.3, -0.25) is 4.90 Å². The van der Waals surface area contributed by atoms with E-state index in [2.05, 4.69) is 44.5 Å². The average molecular weight is 361 g/mol. The minimum Gasteiger partial charge on any atom is -0.334 e. The molecule has 0 aliphatic carbocycles. The Morgan fingerprint density at radius 1 is 1.36 bits per heavy atom. The standard InChI is InChI=1S/C17H20N6O.ClH/c1-22-7-5-18-10-15(22)16-20-17(24-21-16)14-4-2-3-13(9-14)11-23-8-6-19-12-23;/h2-4,6,8-9,12,15,18H,5,7,10-11H2,1H3;1H. The topological polar surface area (TPSA) is 72.0 Å². The SMILES string of the molecule is CN1CCNCC1c1noc(-c2cccc(Cn3ccnc3)c2)n1.Cl.